The van der Waals surface area contributed by atoms with Crippen molar-refractivity contribution in [3.8, 4) is 5.75 Å². The Balaban J connectivity index is 2.07. The minimum atomic E-state index is -1.50. The van der Waals surface area contributed by atoms with E-state index in [4.69, 9.17) is 10.5 Å². The van der Waals surface area contributed by atoms with E-state index in [1.165, 1.54) is 0 Å². The molecule has 1 aromatic rings. The second-order valence-electron chi connectivity index (χ2n) is 4.52. The Bertz CT molecular complexity index is 413. The molecule has 1 aliphatic carbocycles. The second-order valence-corrected chi connectivity index (χ2v) is 4.52. The van der Waals surface area contributed by atoms with E-state index < -0.39 is 17.5 Å². The third kappa shape index (κ3) is 2.24. The first-order valence-electron chi connectivity index (χ1n) is 5.54. The number of nitrogens with two attached hydrogens (primary N) is 1. The highest BCUT2D eigenvalue weighted by Crippen LogP contribution is 2.40. The SMILES string of the molecule is NCC1(COc2ccc(F)c(F)c2F)CCC1. The highest BCUT2D eigenvalue weighted by molar-refractivity contribution is 5.26. The fraction of sp³-hybridized carbons (Fsp3) is 0.500. The van der Waals surface area contributed by atoms with E-state index in [1.54, 1.807) is 0 Å². The van der Waals surface area contributed by atoms with Crippen LogP contribution in [0.15, 0.2) is 12.1 Å². The van der Waals surface area contributed by atoms with Gasteiger partial charge in [-0.3, -0.25) is 0 Å². The molecule has 0 spiro atoms. The number of ether oxygens (including phenoxy) is 1. The van der Waals surface area contributed by atoms with Crippen LogP contribution >= 0.6 is 0 Å². The third-order valence-corrected chi connectivity index (χ3v) is 3.38. The zero-order valence-corrected chi connectivity index (χ0v) is 9.31. The van der Waals surface area contributed by atoms with Crippen molar-refractivity contribution in [1.29, 1.82) is 0 Å². The lowest BCUT2D eigenvalue weighted by Gasteiger charge is -2.40. The Morgan fingerprint density at radius 2 is 1.88 bits per heavy atom. The van der Waals surface area contributed by atoms with Crippen LogP contribution in [0.5, 0.6) is 5.75 Å². The van der Waals surface area contributed by atoms with E-state index >= 15 is 0 Å². The molecule has 0 radical (unpaired) electrons. The van der Waals surface area contributed by atoms with Crippen molar-refractivity contribution in [3.63, 3.8) is 0 Å². The molecule has 17 heavy (non-hydrogen) atoms. The molecule has 0 unspecified atom stereocenters. The maximum absolute atomic E-state index is 13.3. The van der Waals surface area contributed by atoms with Crippen LogP contribution in [-0.4, -0.2) is 13.2 Å². The van der Waals surface area contributed by atoms with E-state index in [-0.39, 0.29) is 17.8 Å². The van der Waals surface area contributed by atoms with Crippen molar-refractivity contribution in [2.75, 3.05) is 13.2 Å². The smallest absolute Gasteiger partial charge is 0.203 e. The molecule has 0 saturated heterocycles. The quantitative estimate of drug-likeness (QED) is 0.827. The van der Waals surface area contributed by atoms with Crippen molar-refractivity contribution in [1.82, 2.24) is 0 Å². The van der Waals surface area contributed by atoms with Gasteiger partial charge in [0.1, 0.15) is 0 Å². The maximum atomic E-state index is 13.3. The molecular formula is C12H14F3NO. The molecule has 0 aromatic heterocycles. The number of halogens is 3. The average Bonchev–Trinajstić information content (AvgIpc) is 2.28. The Kier molecular flexibility index (Phi) is 3.28. The Hall–Kier alpha value is -1.23. The van der Waals surface area contributed by atoms with Gasteiger partial charge in [0, 0.05) is 12.0 Å². The van der Waals surface area contributed by atoms with Crippen LogP contribution in [0.2, 0.25) is 0 Å². The summed E-state index contributed by atoms with van der Waals surface area (Å²) in [4.78, 5) is 0. The zero-order chi connectivity index (χ0) is 12.5. The Morgan fingerprint density at radius 3 is 2.41 bits per heavy atom. The standard InChI is InChI=1S/C12H14F3NO/c13-8-2-3-9(11(15)10(8)14)17-7-12(6-16)4-1-5-12/h2-3H,1,4-7,16H2. The Morgan fingerprint density at radius 1 is 1.18 bits per heavy atom. The molecule has 2 nitrogen and oxygen atoms in total. The monoisotopic (exact) mass is 245 g/mol. The van der Waals surface area contributed by atoms with Crippen LogP contribution in [0.1, 0.15) is 19.3 Å². The van der Waals surface area contributed by atoms with Crippen molar-refractivity contribution in [3.05, 3.63) is 29.6 Å². The van der Waals surface area contributed by atoms with Gasteiger partial charge in [-0.1, -0.05) is 6.42 Å². The lowest BCUT2D eigenvalue weighted by Crippen LogP contribution is -2.42. The van der Waals surface area contributed by atoms with Gasteiger partial charge >= 0.3 is 0 Å². The van der Waals surface area contributed by atoms with E-state index in [9.17, 15) is 13.2 Å². The van der Waals surface area contributed by atoms with Gasteiger partial charge in [0.05, 0.1) is 6.61 Å². The fourth-order valence-electron chi connectivity index (χ4n) is 1.93. The Labute approximate surface area is 97.6 Å². The summed E-state index contributed by atoms with van der Waals surface area (Å²) in [6, 6.07) is 1.94. The van der Waals surface area contributed by atoms with Gasteiger partial charge in [-0.15, -0.1) is 0 Å². The molecule has 2 rings (SSSR count). The molecule has 0 aliphatic heterocycles. The molecule has 94 valence electrons. The van der Waals surface area contributed by atoms with Crippen molar-refractivity contribution in [2.45, 2.75) is 19.3 Å². The largest absolute Gasteiger partial charge is 0.490 e. The van der Waals surface area contributed by atoms with Gasteiger partial charge < -0.3 is 10.5 Å². The topological polar surface area (TPSA) is 35.2 Å². The fourth-order valence-corrected chi connectivity index (χ4v) is 1.93. The molecule has 5 heteroatoms. The van der Waals surface area contributed by atoms with Gasteiger partial charge in [0.2, 0.25) is 5.82 Å². The van der Waals surface area contributed by atoms with E-state index in [1.807, 2.05) is 0 Å². The number of hydrogen-bond acceptors (Lipinski definition) is 2. The predicted molar refractivity (Wildman–Crippen MR) is 57.1 cm³/mol. The molecule has 1 fully saturated rings. The molecule has 1 aromatic carbocycles. The zero-order valence-electron chi connectivity index (χ0n) is 9.31. The summed E-state index contributed by atoms with van der Waals surface area (Å²) in [5, 5.41) is 0. The molecule has 1 saturated carbocycles. The van der Waals surface area contributed by atoms with Gasteiger partial charge in [-0.2, -0.15) is 4.39 Å². The summed E-state index contributed by atoms with van der Waals surface area (Å²) in [7, 11) is 0. The molecule has 0 amide bonds. The first-order chi connectivity index (χ1) is 8.08. The second kappa shape index (κ2) is 4.56. The van der Waals surface area contributed by atoms with Crippen LogP contribution in [0.25, 0.3) is 0 Å². The average molecular weight is 245 g/mol. The van der Waals surface area contributed by atoms with Gasteiger partial charge in [-0.05, 0) is 25.0 Å². The lowest BCUT2D eigenvalue weighted by atomic mass is 9.69. The van der Waals surface area contributed by atoms with Crippen LogP contribution in [0.4, 0.5) is 13.2 Å². The molecule has 0 bridgehead atoms. The summed E-state index contributed by atoms with van der Waals surface area (Å²) in [5.74, 6) is -4.26. The molecular weight excluding hydrogens is 231 g/mol. The van der Waals surface area contributed by atoms with Crippen LogP contribution in [0, 0.1) is 22.9 Å². The van der Waals surface area contributed by atoms with Gasteiger partial charge in [-0.25, -0.2) is 8.78 Å². The van der Waals surface area contributed by atoms with Crippen molar-refractivity contribution >= 4 is 0 Å². The summed E-state index contributed by atoms with van der Waals surface area (Å²) in [6.07, 6.45) is 2.92. The minimum Gasteiger partial charge on any atom is -0.490 e. The van der Waals surface area contributed by atoms with E-state index in [0.717, 1.165) is 31.4 Å². The predicted octanol–water partition coefficient (Wildman–Crippen LogP) is 2.61. The first kappa shape index (κ1) is 12.2. The molecule has 2 N–H and O–H groups in total. The number of hydrogen-bond donors (Lipinski definition) is 1. The van der Waals surface area contributed by atoms with E-state index in [2.05, 4.69) is 0 Å². The van der Waals surface area contributed by atoms with Crippen LogP contribution in [0.3, 0.4) is 0 Å². The number of rotatable bonds is 4. The summed E-state index contributed by atoms with van der Waals surface area (Å²) < 4.78 is 44.1. The lowest BCUT2D eigenvalue weighted by molar-refractivity contribution is 0.0641. The van der Waals surface area contributed by atoms with Crippen LogP contribution < -0.4 is 10.5 Å². The highest BCUT2D eigenvalue weighted by atomic mass is 19.2. The highest BCUT2D eigenvalue weighted by Gasteiger charge is 2.36. The number of benzene rings is 1. The van der Waals surface area contributed by atoms with E-state index in [0.29, 0.717) is 6.54 Å². The molecule has 0 atom stereocenters. The maximum Gasteiger partial charge on any atom is 0.203 e. The molecule has 1 aliphatic rings. The van der Waals surface area contributed by atoms with Crippen molar-refractivity contribution < 1.29 is 17.9 Å². The normalized spacial score (nSPS) is 17.6. The summed E-state index contributed by atoms with van der Waals surface area (Å²) in [6.45, 7) is 0.698. The van der Waals surface area contributed by atoms with Crippen molar-refractivity contribution in [2.24, 2.45) is 11.1 Å². The van der Waals surface area contributed by atoms with Gasteiger partial charge in [0.25, 0.3) is 0 Å². The summed E-state index contributed by atoms with van der Waals surface area (Å²) in [5.41, 5.74) is 5.49. The summed E-state index contributed by atoms with van der Waals surface area (Å²) >= 11 is 0. The molecule has 0 heterocycles. The minimum absolute atomic E-state index is 0.128. The van der Waals surface area contributed by atoms with Crippen LogP contribution in [-0.2, 0) is 0 Å². The first-order valence-corrected chi connectivity index (χ1v) is 5.54. The third-order valence-electron chi connectivity index (χ3n) is 3.38. The van der Waals surface area contributed by atoms with Gasteiger partial charge in [0.15, 0.2) is 17.4 Å².